The van der Waals surface area contributed by atoms with Gasteiger partial charge in [0.05, 0.1) is 33.7 Å². The van der Waals surface area contributed by atoms with Crippen LogP contribution in [0.3, 0.4) is 0 Å². The van der Waals surface area contributed by atoms with Crippen LogP contribution >= 0.6 is 23.2 Å². The summed E-state index contributed by atoms with van der Waals surface area (Å²) in [5, 5.41) is 3.54. The fraction of sp³-hybridized carbons (Fsp3) is 0.263. The maximum Gasteiger partial charge on any atom is 0.166 e. The molecule has 6 nitrogen and oxygen atoms in total. The van der Waals surface area contributed by atoms with Gasteiger partial charge < -0.3 is 20.5 Å². The maximum atomic E-state index is 14.5. The van der Waals surface area contributed by atoms with Gasteiger partial charge in [0, 0.05) is 18.2 Å². The Bertz CT molecular complexity index is 1040. The number of rotatable bonds is 5. The average molecular weight is 423 g/mol. The second kappa shape index (κ2) is 7.58. The molecule has 28 heavy (non-hydrogen) atoms. The SMILES string of the molecule is COc1cc(OC2CC(N)C2)c2c(Nc3ccc(Cl)c(Cl)c3F)ncnc2c1. The van der Waals surface area contributed by atoms with Crippen LogP contribution in [0.1, 0.15) is 12.8 Å². The Morgan fingerprint density at radius 3 is 2.71 bits per heavy atom. The van der Waals surface area contributed by atoms with Crippen LogP contribution in [0.25, 0.3) is 10.9 Å². The number of benzene rings is 2. The molecule has 1 heterocycles. The van der Waals surface area contributed by atoms with Gasteiger partial charge in [0.2, 0.25) is 0 Å². The van der Waals surface area contributed by atoms with Crippen LogP contribution in [-0.2, 0) is 0 Å². The van der Waals surface area contributed by atoms with E-state index in [1.165, 1.54) is 18.5 Å². The number of methoxy groups -OCH3 is 1. The van der Waals surface area contributed by atoms with Gasteiger partial charge in [0.15, 0.2) is 5.82 Å². The lowest BCUT2D eigenvalue weighted by Gasteiger charge is -2.33. The summed E-state index contributed by atoms with van der Waals surface area (Å²) in [6, 6.07) is 6.65. The Morgan fingerprint density at radius 1 is 1.21 bits per heavy atom. The van der Waals surface area contributed by atoms with Crippen LogP contribution < -0.4 is 20.5 Å². The lowest BCUT2D eigenvalue weighted by atomic mass is 9.90. The Morgan fingerprint density at radius 2 is 2.00 bits per heavy atom. The fourth-order valence-electron chi connectivity index (χ4n) is 3.07. The van der Waals surface area contributed by atoms with E-state index < -0.39 is 5.82 Å². The molecular formula is C19H17Cl2FN4O2. The first kappa shape index (κ1) is 19.0. The van der Waals surface area contributed by atoms with Gasteiger partial charge in [-0.2, -0.15) is 0 Å². The summed E-state index contributed by atoms with van der Waals surface area (Å²) >= 11 is 11.8. The molecule has 1 aliphatic carbocycles. The minimum atomic E-state index is -0.665. The van der Waals surface area contributed by atoms with Crippen molar-refractivity contribution in [2.75, 3.05) is 12.4 Å². The van der Waals surface area contributed by atoms with E-state index in [1.807, 2.05) is 0 Å². The molecule has 0 radical (unpaired) electrons. The summed E-state index contributed by atoms with van der Waals surface area (Å²) < 4.78 is 25.9. The van der Waals surface area contributed by atoms with Gasteiger partial charge in [-0.3, -0.25) is 0 Å². The number of fused-ring (bicyclic) bond motifs is 1. The molecule has 2 aromatic carbocycles. The first-order chi connectivity index (χ1) is 13.5. The Balaban J connectivity index is 1.79. The van der Waals surface area contributed by atoms with E-state index in [9.17, 15) is 4.39 Å². The maximum absolute atomic E-state index is 14.5. The number of nitrogens with one attached hydrogen (secondary N) is 1. The predicted molar refractivity (Wildman–Crippen MR) is 107 cm³/mol. The Kier molecular flexibility index (Phi) is 5.14. The number of hydrogen-bond donors (Lipinski definition) is 2. The third kappa shape index (κ3) is 3.53. The zero-order valence-corrected chi connectivity index (χ0v) is 16.4. The number of nitrogens with two attached hydrogens (primary N) is 1. The molecule has 1 fully saturated rings. The monoisotopic (exact) mass is 422 g/mol. The van der Waals surface area contributed by atoms with Crippen molar-refractivity contribution in [3.8, 4) is 11.5 Å². The lowest BCUT2D eigenvalue weighted by molar-refractivity contribution is 0.102. The average Bonchev–Trinajstić information content (AvgIpc) is 2.67. The quantitative estimate of drug-likeness (QED) is 0.580. The molecule has 0 amide bonds. The molecule has 0 spiro atoms. The molecule has 0 atom stereocenters. The third-order valence-electron chi connectivity index (χ3n) is 4.62. The second-order valence-corrected chi connectivity index (χ2v) is 7.35. The second-order valence-electron chi connectivity index (χ2n) is 6.56. The molecule has 146 valence electrons. The van der Waals surface area contributed by atoms with Crippen molar-refractivity contribution in [1.29, 1.82) is 0 Å². The minimum Gasteiger partial charge on any atom is -0.497 e. The van der Waals surface area contributed by atoms with E-state index in [4.69, 9.17) is 38.4 Å². The van der Waals surface area contributed by atoms with E-state index in [-0.39, 0.29) is 27.9 Å². The Labute approximate surface area is 170 Å². The summed E-state index contributed by atoms with van der Waals surface area (Å²) in [6.45, 7) is 0. The highest BCUT2D eigenvalue weighted by Gasteiger charge is 2.29. The number of halogens is 3. The molecule has 3 aromatic rings. The standard InChI is InChI=1S/C19H17Cl2FN4O2/c1-27-10-6-14-16(15(7-10)28-11-4-9(23)5-11)19(25-8-24-14)26-13-3-2-12(20)17(21)18(13)22/h2-3,6-9,11H,4-5,23H2,1H3,(H,24,25,26). The summed E-state index contributed by atoms with van der Waals surface area (Å²) in [5.41, 5.74) is 6.59. The molecule has 4 rings (SSSR count). The molecule has 3 N–H and O–H groups in total. The fourth-order valence-corrected chi connectivity index (χ4v) is 3.38. The third-order valence-corrected chi connectivity index (χ3v) is 5.41. The summed E-state index contributed by atoms with van der Waals surface area (Å²) in [7, 11) is 1.57. The van der Waals surface area contributed by atoms with Crippen molar-refractivity contribution in [3.05, 3.63) is 46.5 Å². The highest BCUT2D eigenvalue weighted by atomic mass is 35.5. The van der Waals surface area contributed by atoms with Gasteiger partial charge in [-0.05, 0) is 25.0 Å². The molecule has 0 aliphatic heterocycles. The number of aromatic nitrogens is 2. The number of ether oxygens (including phenoxy) is 2. The zero-order chi connectivity index (χ0) is 19.8. The van der Waals surface area contributed by atoms with E-state index >= 15 is 0 Å². The van der Waals surface area contributed by atoms with Gasteiger partial charge in [0.25, 0.3) is 0 Å². The van der Waals surface area contributed by atoms with E-state index in [1.54, 1.807) is 19.2 Å². The van der Waals surface area contributed by atoms with Crippen molar-refractivity contribution in [1.82, 2.24) is 9.97 Å². The van der Waals surface area contributed by atoms with Gasteiger partial charge in [-0.1, -0.05) is 23.2 Å². The topological polar surface area (TPSA) is 82.3 Å². The van der Waals surface area contributed by atoms with Crippen molar-refractivity contribution in [2.45, 2.75) is 25.0 Å². The summed E-state index contributed by atoms with van der Waals surface area (Å²) in [6.07, 6.45) is 2.90. The van der Waals surface area contributed by atoms with Crippen LogP contribution in [0, 0.1) is 5.82 Å². The van der Waals surface area contributed by atoms with Gasteiger partial charge in [-0.15, -0.1) is 0 Å². The van der Waals surface area contributed by atoms with Gasteiger partial charge in [-0.25, -0.2) is 14.4 Å². The molecular weight excluding hydrogens is 406 g/mol. The van der Waals surface area contributed by atoms with Crippen molar-refractivity contribution < 1.29 is 13.9 Å². The molecule has 9 heteroatoms. The Hall–Kier alpha value is -2.35. The van der Waals surface area contributed by atoms with Crippen molar-refractivity contribution >= 4 is 45.6 Å². The van der Waals surface area contributed by atoms with Crippen molar-refractivity contribution in [2.24, 2.45) is 5.73 Å². The lowest BCUT2D eigenvalue weighted by Crippen LogP contribution is -2.43. The predicted octanol–water partition coefficient (Wildman–Crippen LogP) is 4.70. The number of anilines is 2. The zero-order valence-electron chi connectivity index (χ0n) is 14.9. The highest BCUT2D eigenvalue weighted by Crippen LogP contribution is 2.39. The van der Waals surface area contributed by atoms with E-state index in [0.717, 1.165) is 12.8 Å². The molecule has 1 aromatic heterocycles. The summed E-state index contributed by atoms with van der Waals surface area (Å²) in [5.74, 6) is 0.844. The summed E-state index contributed by atoms with van der Waals surface area (Å²) in [4.78, 5) is 8.56. The first-order valence-electron chi connectivity index (χ1n) is 8.61. The van der Waals surface area contributed by atoms with Crippen LogP contribution in [0.2, 0.25) is 10.0 Å². The number of nitrogens with zero attached hydrogens (tertiary/aromatic N) is 2. The van der Waals surface area contributed by atoms with E-state index in [0.29, 0.717) is 28.2 Å². The largest absolute Gasteiger partial charge is 0.497 e. The van der Waals surface area contributed by atoms with Crippen LogP contribution in [-0.4, -0.2) is 29.2 Å². The smallest absolute Gasteiger partial charge is 0.166 e. The van der Waals surface area contributed by atoms with E-state index in [2.05, 4.69) is 15.3 Å². The van der Waals surface area contributed by atoms with Crippen LogP contribution in [0.4, 0.5) is 15.9 Å². The van der Waals surface area contributed by atoms with Gasteiger partial charge in [0.1, 0.15) is 29.7 Å². The molecule has 0 saturated heterocycles. The van der Waals surface area contributed by atoms with Crippen LogP contribution in [0.5, 0.6) is 11.5 Å². The van der Waals surface area contributed by atoms with Gasteiger partial charge >= 0.3 is 0 Å². The minimum absolute atomic E-state index is 0.0000692. The molecule has 1 saturated carbocycles. The highest BCUT2D eigenvalue weighted by molar-refractivity contribution is 6.42. The van der Waals surface area contributed by atoms with Crippen molar-refractivity contribution in [3.63, 3.8) is 0 Å². The normalized spacial score (nSPS) is 18.6. The molecule has 0 bridgehead atoms. The molecule has 0 unspecified atom stereocenters. The van der Waals surface area contributed by atoms with Crippen LogP contribution in [0.15, 0.2) is 30.6 Å². The first-order valence-corrected chi connectivity index (χ1v) is 9.37. The number of hydrogen-bond acceptors (Lipinski definition) is 6. The molecule has 1 aliphatic rings.